The molecule has 4 atom stereocenters. The maximum atomic E-state index is 11.1. The summed E-state index contributed by atoms with van der Waals surface area (Å²) in [5.74, 6) is 1.05. The summed E-state index contributed by atoms with van der Waals surface area (Å²) in [6.07, 6.45) is 5.79. The van der Waals surface area contributed by atoms with E-state index in [1.807, 2.05) is 6.08 Å². The normalized spacial score (nSPS) is 41.4. The first-order valence-corrected chi connectivity index (χ1v) is 5.04. The third kappa shape index (κ3) is 1.47. The average Bonchev–Trinajstić information content (AvgIpc) is 2.58. The number of esters is 1. The van der Waals surface area contributed by atoms with Crippen LogP contribution in [-0.2, 0) is 14.3 Å². The third-order valence-electron chi connectivity index (χ3n) is 3.33. The molecule has 1 aliphatic carbocycles. The van der Waals surface area contributed by atoms with E-state index in [2.05, 4.69) is 6.92 Å². The van der Waals surface area contributed by atoms with Gasteiger partial charge in [0.25, 0.3) is 0 Å². The number of fused-ring (bicyclic) bond motifs is 1. The molecule has 0 bridgehead atoms. The molecule has 3 heteroatoms. The maximum absolute atomic E-state index is 11.1. The standard InChI is InChI=1S/C11H14O3/c1-7-5-10-9(6-11(13)14-10)8(7)3-2-4-12/h2-4,7-10H,5-6H2,1H3/b3-2+/t7-,8+,9-,10+/m1/s1. The second kappa shape index (κ2) is 3.56. The molecule has 0 N–H and O–H groups in total. The van der Waals surface area contributed by atoms with Crippen molar-refractivity contribution in [3.8, 4) is 0 Å². The predicted octanol–water partition coefficient (Wildman–Crippen LogP) is 1.33. The van der Waals surface area contributed by atoms with Gasteiger partial charge in [-0.25, -0.2) is 0 Å². The van der Waals surface area contributed by atoms with E-state index in [9.17, 15) is 9.59 Å². The van der Waals surface area contributed by atoms with E-state index in [0.717, 1.165) is 12.7 Å². The van der Waals surface area contributed by atoms with Gasteiger partial charge < -0.3 is 4.74 Å². The van der Waals surface area contributed by atoms with Crippen molar-refractivity contribution in [3.63, 3.8) is 0 Å². The van der Waals surface area contributed by atoms with Crippen molar-refractivity contribution in [1.82, 2.24) is 0 Å². The van der Waals surface area contributed by atoms with Gasteiger partial charge in [-0.1, -0.05) is 13.0 Å². The Hall–Kier alpha value is -1.12. The van der Waals surface area contributed by atoms with Crippen LogP contribution in [0.3, 0.4) is 0 Å². The first-order valence-electron chi connectivity index (χ1n) is 5.04. The summed E-state index contributed by atoms with van der Waals surface area (Å²) in [6.45, 7) is 2.14. The van der Waals surface area contributed by atoms with Gasteiger partial charge in [-0.15, -0.1) is 0 Å². The summed E-state index contributed by atoms with van der Waals surface area (Å²) < 4.78 is 5.20. The van der Waals surface area contributed by atoms with Crippen LogP contribution < -0.4 is 0 Å². The molecule has 14 heavy (non-hydrogen) atoms. The molecule has 0 aromatic carbocycles. The van der Waals surface area contributed by atoms with Crippen LogP contribution in [0.15, 0.2) is 12.2 Å². The number of ether oxygens (including phenoxy) is 1. The van der Waals surface area contributed by atoms with Gasteiger partial charge in [-0.2, -0.15) is 0 Å². The maximum Gasteiger partial charge on any atom is 0.306 e. The van der Waals surface area contributed by atoms with Gasteiger partial charge in [0.2, 0.25) is 0 Å². The van der Waals surface area contributed by atoms with E-state index in [1.165, 1.54) is 6.08 Å². The van der Waals surface area contributed by atoms with Crippen LogP contribution in [0, 0.1) is 17.8 Å². The molecule has 0 aromatic heterocycles. The number of rotatable bonds is 2. The van der Waals surface area contributed by atoms with Crippen molar-refractivity contribution in [3.05, 3.63) is 12.2 Å². The molecule has 2 aliphatic rings. The molecule has 1 saturated heterocycles. The van der Waals surface area contributed by atoms with Gasteiger partial charge in [-0.05, 0) is 24.3 Å². The van der Waals surface area contributed by atoms with E-state index in [4.69, 9.17) is 4.74 Å². The molecule has 3 nitrogen and oxygen atoms in total. The molecule has 76 valence electrons. The summed E-state index contributed by atoms with van der Waals surface area (Å²) in [5.41, 5.74) is 0. The number of aldehydes is 1. The zero-order valence-corrected chi connectivity index (χ0v) is 8.18. The summed E-state index contributed by atoms with van der Waals surface area (Å²) in [7, 11) is 0. The molecule has 1 heterocycles. The zero-order chi connectivity index (χ0) is 10.1. The smallest absolute Gasteiger partial charge is 0.306 e. The molecular formula is C11H14O3. The van der Waals surface area contributed by atoms with Crippen molar-refractivity contribution in [2.24, 2.45) is 17.8 Å². The van der Waals surface area contributed by atoms with E-state index in [-0.39, 0.29) is 12.1 Å². The summed E-state index contributed by atoms with van der Waals surface area (Å²) in [5, 5.41) is 0. The second-order valence-corrected chi connectivity index (χ2v) is 4.21. The molecule has 1 saturated carbocycles. The molecule has 2 rings (SSSR count). The number of hydrogen-bond donors (Lipinski definition) is 0. The fourth-order valence-corrected chi connectivity index (χ4v) is 2.69. The first-order chi connectivity index (χ1) is 6.72. The van der Waals surface area contributed by atoms with Crippen LogP contribution >= 0.6 is 0 Å². The third-order valence-corrected chi connectivity index (χ3v) is 3.33. The lowest BCUT2D eigenvalue weighted by Gasteiger charge is -2.14. The summed E-state index contributed by atoms with van der Waals surface area (Å²) >= 11 is 0. The largest absolute Gasteiger partial charge is 0.462 e. The quantitative estimate of drug-likeness (QED) is 0.378. The lowest BCUT2D eigenvalue weighted by atomic mass is 9.88. The molecule has 0 amide bonds. The average molecular weight is 194 g/mol. The molecule has 0 aromatic rings. The number of carbonyl (C=O) groups excluding carboxylic acids is 2. The highest BCUT2D eigenvalue weighted by Gasteiger charge is 2.47. The molecule has 0 spiro atoms. The predicted molar refractivity (Wildman–Crippen MR) is 50.5 cm³/mol. The Morgan fingerprint density at radius 2 is 2.29 bits per heavy atom. The molecular weight excluding hydrogens is 180 g/mol. The minimum absolute atomic E-state index is 0.0867. The lowest BCUT2D eigenvalue weighted by Crippen LogP contribution is -2.13. The zero-order valence-electron chi connectivity index (χ0n) is 8.18. The Morgan fingerprint density at radius 3 is 3.00 bits per heavy atom. The van der Waals surface area contributed by atoms with Gasteiger partial charge in [0.05, 0.1) is 6.42 Å². The van der Waals surface area contributed by atoms with Crippen LogP contribution in [0.5, 0.6) is 0 Å². The SMILES string of the molecule is C[C@@H]1C[C@@H]2OC(=O)C[C@@H]2[C@H]1/C=C/C=O. The summed E-state index contributed by atoms with van der Waals surface area (Å²) in [6, 6.07) is 0. The Morgan fingerprint density at radius 1 is 1.50 bits per heavy atom. The van der Waals surface area contributed by atoms with Crippen molar-refractivity contribution >= 4 is 12.3 Å². The molecule has 2 fully saturated rings. The van der Waals surface area contributed by atoms with Crippen LogP contribution in [0.4, 0.5) is 0 Å². The van der Waals surface area contributed by atoms with Crippen LogP contribution in [0.1, 0.15) is 19.8 Å². The molecule has 0 radical (unpaired) electrons. The van der Waals surface area contributed by atoms with Gasteiger partial charge in [0.1, 0.15) is 12.4 Å². The van der Waals surface area contributed by atoms with Gasteiger partial charge in [-0.3, -0.25) is 9.59 Å². The number of allylic oxidation sites excluding steroid dienone is 2. The Kier molecular flexibility index (Phi) is 2.40. The molecule has 1 aliphatic heterocycles. The monoisotopic (exact) mass is 194 g/mol. The van der Waals surface area contributed by atoms with E-state index >= 15 is 0 Å². The number of hydrogen-bond acceptors (Lipinski definition) is 3. The van der Waals surface area contributed by atoms with Crippen LogP contribution in [0.25, 0.3) is 0 Å². The Labute approximate surface area is 83.1 Å². The first kappa shape index (κ1) is 9.44. The van der Waals surface area contributed by atoms with Crippen LogP contribution in [0.2, 0.25) is 0 Å². The van der Waals surface area contributed by atoms with Crippen molar-refractivity contribution in [2.45, 2.75) is 25.9 Å². The van der Waals surface area contributed by atoms with E-state index in [1.54, 1.807) is 0 Å². The topological polar surface area (TPSA) is 43.4 Å². The van der Waals surface area contributed by atoms with Crippen molar-refractivity contribution in [2.75, 3.05) is 0 Å². The minimum atomic E-state index is -0.0867. The van der Waals surface area contributed by atoms with Gasteiger partial charge in [0, 0.05) is 5.92 Å². The molecule has 0 unspecified atom stereocenters. The fraction of sp³-hybridized carbons (Fsp3) is 0.636. The van der Waals surface area contributed by atoms with Crippen molar-refractivity contribution in [1.29, 1.82) is 0 Å². The highest BCUT2D eigenvalue weighted by molar-refractivity contribution is 5.72. The highest BCUT2D eigenvalue weighted by Crippen LogP contribution is 2.45. The fourth-order valence-electron chi connectivity index (χ4n) is 2.69. The highest BCUT2D eigenvalue weighted by atomic mass is 16.6. The van der Waals surface area contributed by atoms with Gasteiger partial charge in [0.15, 0.2) is 0 Å². The Bertz CT molecular complexity index is 282. The van der Waals surface area contributed by atoms with E-state index < -0.39 is 0 Å². The van der Waals surface area contributed by atoms with Crippen LogP contribution in [-0.4, -0.2) is 18.4 Å². The lowest BCUT2D eigenvalue weighted by molar-refractivity contribution is -0.141. The summed E-state index contributed by atoms with van der Waals surface area (Å²) in [4.78, 5) is 21.3. The van der Waals surface area contributed by atoms with Crippen molar-refractivity contribution < 1.29 is 14.3 Å². The Balaban J connectivity index is 2.11. The minimum Gasteiger partial charge on any atom is -0.462 e. The van der Waals surface area contributed by atoms with Gasteiger partial charge >= 0.3 is 5.97 Å². The van der Waals surface area contributed by atoms with E-state index in [0.29, 0.717) is 24.2 Å². The number of carbonyl (C=O) groups is 2. The second-order valence-electron chi connectivity index (χ2n) is 4.21.